The second-order valence-corrected chi connectivity index (χ2v) is 5.29. The van der Waals surface area contributed by atoms with E-state index in [1.807, 2.05) is 0 Å². The van der Waals surface area contributed by atoms with Gasteiger partial charge in [0.05, 0.1) is 0 Å². The van der Waals surface area contributed by atoms with Crippen molar-refractivity contribution in [3.05, 3.63) is 0 Å². The fourth-order valence-corrected chi connectivity index (χ4v) is 3.09. The van der Waals surface area contributed by atoms with Crippen LogP contribution in [0.25, 0.3) is 0 Å². The van der Waals surface area contributed by atoms with Crippen LogP contribution in [0.2, 0.25) is 0 Å². The summed E-state index contributed by atoms with van der Waals surface area (Å²) < 4.78 is 0. The van der Waals surface area contributed by atoms with Crippen molar-refractivity contribution >= 4 is 0 Å². The van der Waals surface area contributed by atoms with Crippen LogP contribution >= 0.6 is 0 Å². The summed E-state index contributed by atoms with van der Waals surface area (Å²) in [5.74, 6) is 1.84. The van der Waals surface area contributed by atoms with Gasteiger partial charge in [-0.15, -0.1) is 0 Å². The minimum absolute atomic E-state index is 0.799. The van der Waals surface area contributed by atoms with Crippen LogP contribution in [0.4, 0.5) is 0 Å². The third-order valence-corrected chi connectivity index (χ3v) is 3.89. The van der Waals surface area contributed by atoms with Crippen LogP contribution in [0, 0.1) is 11.8 Å². The normalized spacial score (nSPS) is 21.8. The molecule has 1 aliphatic carbocycles. The lowest BCUT2D eigenvalue weighted by atomic mass is 9.85. The fourth-order valence-electron chi connectivity index (χ4n) is 3.09. The zero-order chi connectivity index (χ0) is 11.1. The molecule has 15 heavy (non-hydrogen) atoms. The molecule has 0 radical (unpaired) electrons. The molecule has 1 nitrogen and oxygen atoms in total. The lowest BCUT2D eigenvalue weighted by Crippen LogP contribution is -2.40. The maximum absolute atomic E-state index is 3.80. The minimum Gasteiger partial charge on any atom is -0.313 e. The van der Waals surface area contributed by atoms with Crippen molar-refractivity contribution in [3.8, 4) is 0 Å². The van der Waals surface area contributed by atoms with E-state index in [2.05, 4.69) is 26.1 Å². The number of nitrogens with one attached hydrogen (secondary N) is 1. The van der Waals surface area contributed by atoms with E-state index in [9.17, 15) is 0 Å². The van der Waals surface area contributed by atoms with Gasteiger partial charge in [0.2, 0.25) is 0 Å². The van der Waals surface area contributed by atoms with Crippen molar-refractivity contribution in [3.63, 3.8) is 0 Å². The predicted octanol–water partition coefficient (Wildman–Crippen LogP) is 3.98. The van der Waals surface area contributed by atoms with Gasteiger partial charge in [0.25, 0.3) is 0 Å². The van der Waals surface area contributed by atoms with Crippen LogP contribution in [-0.2, 0) is 0 Å². The summed E-state index contributed by atoms with van der Waals surface area (Å²) in [5.41, 5.74) is 0. The molecule has 2 atom stereocenters. The van der Waals surface area contributed by atoms with Crippen molar-refractivity contribution in [2.45, 2.75) is 71.8 Å². The van der Waals surface area contributed by atoms with Crippen molar-refractivity contribution in [1.82, 2.24) is 5.32 Å². The van der Waals surface area contributed by atoms with E-state index in [0.29, 0.717) is 0 Å². The van der Waals surface area contributed by atoms with Crippen molar-refractivity contribution in [2.24, 2.45) is 11.8 Å². The average molecular weight is 211 g/mol. The van der Waals surface area contributed by atoms with E-state index in [0.717, 1.165) is 17.9 Å². The molecule has 0 spiro atoms. The van der Waals surface area contributed by atoms with E-state index in [-0.39, 0.29) is 0 Å². The van der Waals surface area contributed by atoms with E-state index in [1.165, 1.54) is 51.5 Å². The van der Waals surface area contributed by atoms with E-state index < -0.39 is 0 Å². The zero-order valence-electron chi connectivity index (χ0n) is 10.9. The molecule has 90 valence electrons. The molecular weight excluding hydrogens is 182 g/mol. The Bertz CT molecular complexity index is 149. The molecule has 1 saturated carbocycles. The molecule has 1 rings (SSSR count). The first-order chi connectivity index (χ1) is 7.29. The largest absolute Gasteiger partial charge is 0.313 e. The standard InChI is InChI=1S/C14H29N/c1-4-8-12(3)14(15-11-5-2)13-9-6-7-10-13/h12-15H,4-11H2,1-3H3. The number of rotatable bonds is 7. The molecule has 0 saturated heterocycles. The van der Waals surface area contributed by atoms with Crippen LogP contribution in [-0.4, -0.2) is 12.6 Å². The van der Waals surface area contributed by atoms with Crippen LogP contribution in [0.15, 0.2) is 0 Å². The van der Waals surface area contributed by atoms with E-state index >= 15 is 0 Å². The first-order valence-corrected chi connectivity index (χ1v) is 7.03. The molecule has 2 unspecified atom stereocenters. The Labute approximate surface area is 96.0 Å². The first kappa shape index (κ1) is 13.0. The first-order valence-electron chi connectivity index (χ1n) is 7.03. The summed E-state index contributed by atoms with van der Waals surface area (Å²) in [6, 6.07) is 0.799. The maximum atomic E-state index is 3.80. The van der Waals surface area contributed by atoms with Gasteiger partial charge in [0.15, 0.2) is 0 Å². The molecule has 1 aliphatic rings. The van der Waals surface area contributed by atoms with Gasteiger partial charge in [-0.2, -0.15) is 0 Å². The summed E-state index contributed by atoms with van der Waals surface area (Å²) in [5, 5.41) is 3.80. The summed E-state index contributed by atoms with van der Waals surface area (Å²) in [7, 11) is 0. The Morgan fingerprint density at radius 3 is 2.33 bits per heavy atom. The second-order valence-electron chi connectivity index (χ2n) is 5.29. The van der Waals surface area contributed by atoms with Crippen molar-refractivity contribution in [2.75, 3.05) is 6.54 Å². The Kier molecular flexibility index (Phi) is 6.31. The quantitative estimate of drug-likeness (QED) is 0.671. The topological polar surface area (TPSA) is 12.0 Å². The van der Waals surface area contributed by atoms with Gasteiger partial charge in [-0.05, 0) is 44.1 Å². The Morgan fingerprint density at radius 1 is 1.13 bits per heavy atom. The van der Waals surface area contributed by atoms with Gasteiger partial charge in [0, 0.05) is 6.04 Å². The molecular formula is C14H29N. The minimum atomic E-state index is 0.799. The molecule has 0 aromatic heterocycles. The summed E-state index contributed by atoms with van der Waals surface area (Å²) >= 11 is 0. The Morgan fingerprint density at radius 2 is 1.80 bits per heavy atom. The van der Waals surface area contributed by atoms with Crippen molar-refractivity contribution in [1.29, 1.82) is 0 Å². The van der Waals surface area contributed by atoms with Gasteiger partial charge in [-0.25, -0.2) is 0 Å². The molecule has 0 aromatic carbocycles. The molecule has 0 heterocycles. The monoisotopic (exact) mass is 211 g/mol. The van der Waals surface area contributed by atoms with Gasteiger partial charge in [-0.1, -0.05) is 40.0 Å². The van der Waals surface area contributed by atoms with Crippen LogP contribution in [0.5, 0.6) is 0 Å². The molecule has 0 bridgehead atoms. The maximum Gasteiger partial charge on any atom is 0.0121 e. The number of hydrogen-bond acceptors (Lipinski definition) is 1. The lowest BCUT2D eigenvalue weighted by molar-refractivity contribution is 0.260. The lowest BCUT2D eigenvalue weighted by Gasteiger charge is -2.30. The van der Waals surface area contributed by atoms with Gasteiger partial charge >= 0.3 is 0 Å². The number of hydrogen-bond donors (Lipinski definition) is 1. The molecule has 0 aromatic rings. The van der Waals surface area contributed by atoms with Crippen LogP contribution < -0.4 is 5.32 Å². The summed E-state index contributed by atoms with van der Waals surface area (Å²) in [4.78, 5) is 0. The molecule has 0 amide bonds. The second kappa shape index (κ2) is 7.27. The van der Waals surface area contributed by atoms with Crippen LogP contribution in [0.1, 0.15) is 65.7 Å². The van der Waals surface area contributed by atoms with Crippen LogP contribution in [0.3, 0.4) is 0 Å². The SMILES string of the molecule is CCCNC(C(C)CCC)C1CCCC1. The van der Waals surface area contributed by atoms with Crippen molar-refractivity contribution < 1.29 is 0 Å². The molecule has 1 fully saturated rings. The van der Waals surface area contributed by atoms with E-state index in [1.54, 1.807) is 0 Å². The smallest absolute Gasteiger partial charge is 0.0121 e. The molecule has 0 aliphatic heterocycles. The predicted molar refractivity (Wildman–Crippen MR) is 68.1 cm³/mol. The molecule has 1 heteroatoms. The zero-order valence-corrected chi connectivity index (χ0v) is 10.9. The highest BCUT2D eigenvalue weighted by molar-refractivity contribution is 4.84. The summed E-state index contributed by atoms with van der Waals surface area (Å²) in [6.07, 6.45) is 9.85. The van der Waals surface area contributed by atoms with E-state index in [4.69, 9.17) is 0 Å². The van der Waals surface area contributed by atoms with Gasteiger partial charge in [-0.3, -0.25) is 0 Å². The fraction of sp³-hybridized carbons (Fsp3) is 1.00. The highest BCUT2D eigenvalue weighted by Crippen LogP contribution is 2.32. The Hall–Kier alpha value is -0.0400. The highest BCUT2D eigenvalue weighted by atomic mass is 14.9. The van der Waals surface area contributed by atoms with Gasteiger partial charge < -0.3 is 5.32 Å². The Balaban J connectivity index is 2.42. The highest BCUT2D eigenvalue weighted by Gasteiger charge is 2.27. The summed E-state index contributed by atoms with van der Waals surface area (Å²) in [6.45, 7) is 8.22. The third-order valence-electron chi connectivity index (χ3n) is 3.89. The molecule has 1 N–H and O–H groups in total. The average Bonchev–Trinajstić information content (AvgIpc) is 2.72. The third kappa shape index (κ3) is 4.14. The van der Waals surface area contributed by atoms with Gasteiger partial charge in [0.1, 0.15) is 0 Å².